The average molecular weight is 534 g/mol. The zero-order valence-electron chi connectivity index (χ0n) is 20.2. The number of amides is 2. The van der Waals surface area contributed by atoms with E-state index in [2.05, 4.69) is 20.1 Å². The monoisotopic (exact) mass is 534 g/mol. The summed E-state index contributed by atoms with van der Waals surface area (Å²) in [6.07, 6.45) is -5.77. The Morgan fingerprint density at radius 1 is 0.649 bits per heavy atom. The Balaban J connectivity index is 1.64. The zero-order chi connectivity index (χ0) is 27.6. The van der Waals surface area contributed by atoms with Gasteiger partial charge < -0.3 is 20.1 Å². The van der Waals surface area contributed by atoms with Crippen LogP contribution in [-0.2, 0) is 0 Å². The Bertz CT molecular complexity index is 926. The van der Waals surface area contributed by atoms with Gasteiger partial charge in [0.2, 0.25) is 0 Å². The summed E-state index contributed by atoms with van der Waals surface area (Å²) in [5, 5.41) is 5.59. The number of hydrogen-bond donors (Lipinski definition) is 2. The van der Waals surface area contributed by atoms with Crippen molar-refractivity contribution >= 4 is 11.8 Å². The molecule has 0 bridgehead atoms. The topological polar surface area (TPSA) is 76.7 Å². The lowest BCUT2D eigenvalue weighted by molar-refractivity contribution is -0.275. The Hall–Kier alpha value is -3.44. The number of unbranched alkanes of at least 4 members (excludes halogenated alkanes) is 2. The third-order valence-electron chi connectivity index (χ3n) is 5.23. The van der Waals surface area contributed by atoms with Gasteiger partial charge >= 0.3 is 12.7 Å². The van der Waals surface area contributed by atoms with Gasteiger partial charge in [-0.3, -0.25) is 9.59 Å². The molecule has 2 amide bonds. The second-order valence-corrected chi connectivity index (χ2v) is 8.53. The minimum atomic E-state index is -4.80. The summed E-state index contributed by atoms with van der Waals surface area (Å²) in [6.45, 7) is 3.65. The molecule has 2 atom stereocenters. The average Bonchev–Trinajstić information content (AvgIpc) is 2.77. The highest BCUT2D eigenvalue weighted by Gasteiger charge is 2.31. The third-order valence-corrected chi connectivity index (χ3v) is 5.23. The van der Waals surface area contributed by atoms with Gasteiger partial charge in [0, 0.05) is 23.2 Å². The summed E-state index contributed by atoms with van der Waals surface area (Å²) in [5.74, 6) is -1.62. The summed E-state index contributed by atoms with van der Waals surface area (Å²) in [6, 6.07) is 9.00. The van der Waals surface area contributed by atoms with Gasteiger partial charge in [-0.2, -0.15) is 0 Å². The molecule has 0 radical (unpaired) electrons. The summed E-state index contributed by atoms with van der Waals surface area (Å²) in [7, 11) is 0. The van der Waals surface area contributed by atoms with Crippen molar-refractivity contribution in [3.05, 3.63) is 59.7 Å². The van der Waals surface area contributed by atoms with Crippen molar-refractivity contribution in [1.29, 1.82) is 0 Å². The first-order valence-electron chi connectivity index (χ1n) is 11.5. The molecule has 0 aliphatic heterocycles. The van der Waals surface area contributed by atoms with E-state index in [1.807, 2.05) is 13.8 Å². The number of rotatable bonds is 12. The largest absolute Gasteiger partial charge is 0.573 e. The van der Waals surface area contributed by atoms with Crippen molar-refractivity contribution in [1.82, 2.24) is 10.6 Å². The van der Waals surface area contributed by atoms with E-state index in [1.54, 1.807) is 0 Å². The molecule has 6 nitrogen and oxygen atoms in total. The van der Waals surface area contributed by atoms with Gasteiger partial charge in [0.25, 0.3) is 11.8 Å². The molecule has 2 aromatic rings. The number of halogens is 6. The lowest BCUT2D eigenvalue weighted by atomic mass is 10.0. The Kier molecular flexibility index (Phi) is 10.6. The molecular weight excluding hydrogens is 506 g/mol. The first kappa shape index (κ1) is 29.8. The Morgan fingerprint density at radius 2 is 0.973 bits per heavy atom. The third kappa shape index (κ3) is 11.9. The molecule has 2 rings (SSSR count). The SMILES string of the molecule is CC(CCCCCC(C)NC(=O)c1ccc(OC(F)(F)F)cc1)NC(=O)c1ccc(OC(F)(F)F)cc1. The first-order valence-corrected chi connectivity index (χ1v) is 11.5. The van der Waals surface area contributed by atoms with Crippen molar-refractivity contribution in [3.8, 4) is 11.5 Å². The van der Waals surface area contributed by atoms with Gasteiger partial charge in [0.15, 0.2) is 0 Å². The predicted molar refractivity (Wildman–Crippen MR) is 123 cm³/mol. The van der Waals surface area contributed by atoms with Crippen LogP contribution in [0.5, 0.6) is 11.5 Å². The van der Waals surface area contributed by atoms with Gasteiger partial charge in [0.1, 0.15) is 11.5 Å². The van der Waals surface area contributed by atoms with Crippen molar-refractivity contribution in [2.45, 2.75) is 70.8 Å². The van der Waals surface area contributed by atoms with Crippen LogP contribution in [0.1, 0.15) is 66.7 Å². The molecule has 12 heteroatoms. The lowest BCUT2D eigenvalue weighted by Gasteiger charge is -2.16. The van der Waals surface area contributed by atoms with Crippen LogP contribution in [0, 0.1) is 0 Å². The molecule has 0 fully saturated rings. The number of carbonyl (C=O) groups is 2. The molecule has 0 saturated carbocycles. The van der Waals surface area contributed by atoms with Crippen LogP contribution in [0.15, 0.2) is 48.5 Å². The van der Waals surface area contributed by atoms with Gasteiger partial charge in [-0.1, -0.05) is 19.3 Å². The lowest BCUT2D eigenvalue weighted by Crippen LogP contribution is -2.33. The molecule has 204 valence electrons. The van der Waals surface area contributed by atoms with Gasteiger partial charge in [-0.15, -0.1) is 26.3 Å². The van der Waals surface area contributed by atoms with E-state index < -0.39 is 36.0 Å². The number of carbonyl (C=O) groups excluding carboxylic acids is 2. The predicted octanol–water partition coefficient (Wildman–Crippen LogP) is 6.37. The van der Waals surface area contributed by atoms with E-state index in [0.717, 1.165) is 43.5 Å². The van der Waals surface area contributed by atoms with E-state index in [-0.39, 0.29) is 23.2 Å². The van der Waals surface area contributed by atoms with E-state index in [0.29, 0.717) is 12.8 Å². The maximum atomic E-state index is 12.3. The first-order chi connectivity index (χ1) is 17.2. The maximum absolute atomic E-state index is 12.3. The van der Waals surface area contributed by atoms with Crippen LogP contribution in [0.25, 0.3) is 0 Å². The minimum Gasteiger partial charge on any atom is -0.406 e. The van der Waals surface area contributed by atoms with Crippen LogP contribution in [0.4, 0.5) is 26.3 Å². The van der Waals surface area contributed by atoms with E-state index in [4.69, 9.17) is 0 Å². The van der Waals surface area contributed by atoms with E-state index >= 15 is 0 Å². The number of benzene rings is 2. The molecule has 2 N–H and O–H groups in total. The molecule has 37 heavy (non-hydrogen) atoms. The highest BCUT2D eigenvalue weighted by molar-refractivity contribution is 5.95. The molecule has 2 unspecified atom stereocenters. The molecule has 0 aromatic heterocycles. The molecule has 2 aromatic carbocycles. The second-order valence-electron chi connectivity index (χ2n) is 8.53. The fourth-order valence-corrected chi connectivity index (χ4v) is 3.45. The number of alkyl halides is 6. The van der Waals surface area contributed by atoms with Gasteiger partial charge in [-0.25, -0.2) is 0 Å². The normalized spacial score (nSPS) is 13.4. The fourth-order valence-electron chi connectivity index (χ4n) is 3.45. The minimum absolute atomic E-state index is 0.153. The van der Waals surface area contributed by atoms with Crippen molar-refractivity contribution in [3.63, 3.8) is 0 Å². The molecular formula is C25H28F6N2O4. The second kappa shape index (κ2) is 13.2. The number of hydrogen-bond acceptors (Lipinski definition) is 4. The standard InChI is InChI=1S/C25H28F6N2O4/c1-16(32-22(34)18-8-12-20(13-9-18)36-24(26,27)28)6-4-3-5-7-17(2)33-23(35)19-10-14-21(15-11-19)37-25(29,30)31/h8-17H,3-7H2,1-2H3,(H,32,34)(H,33,35). The van der Waals surface area contributed by atoms with Crippen molar-refractivity contribution < 1.29 is 45.4 Å². The van der Waals surface area contributed by atoms with Crippen LogP contribution in [-0.4, -0.2) is 36.6 Å². The molecule has 0 aliphatic rings. The summed E-state index contributed by atoms with van der Waals surface area (Å²) < 4.78 is 80.9. The highest BCUT2D eigenvalue weighted by atomic mass is 19.4. The van der Waals surface area contributed by atoms with Crippen molar-refractivity contribution in [2.75, 3.05) is 0 Å². The summed E-state index contributed by atoms with van der Waals surface area (Å²) >= 11 is 0. The van der Waals surface area contributed by atoms with Gasteiger partial charge in [0.05, 0.1) is 0 Å². The number of ether oxygens (including phenoxy) is 2. The summed E-state index contributed by atoms with van der Waals surface area (Å²) in [4.78, 5) is 24.5. The quantitative estimate of drug-likeness (QED) is 0.245. The van der Waals surface area contributed by atoms with Gasteiger partial charge in [-0.05, 0) is 75.2 Å². The van der Waals surface area contributed by atoms with E-state index in [1.165, 1.54) is 24.3 Å². The molecule has 0 saturated heterocycles. The molecule has 0 aliphatic carbocycles. The maximum Gasteiger partial charge on any atom is 0.573 e. The number of nitrogens with one attached hydrogen (secondary N) is 2. The Labute approximate surface area is 210 Å². The van der Waals surface area contributed by atoms with Crippen LogP contribution >= 0.6 is 0 Å². The van der Waals surface area contributed by atoms with E-state index in [9.17, 15) is 35.9 Å². The van der Waals surface area contributed by atoms with Crippen LogP contribution in [0.3, 0.4) is 0 Å². The highest BCUT2D eigenvalue weighted by Crippen LogP contribution is 2.24. The zero-order valence-corrected chi connectivity index (χ0v) is 20.2. The van der Waals surface area contributed by atoms with Crippen LogP contribution in [0.2, 0.25) is 0 Å². The fraction of sp³-hybridized carbons (Fsp3) is 0.440. The van der Waals surface area contributed by atoms with Crippen LogP contribution < -0.4 is 20.1 Å². The van der Waals surface area contributed by atoms with Crippen molar-refractivity contribution in [2.24, 2.45) is 0 Å². The summed E-state index contributed by atoms with van der Waals surface area (Å²) in [5.41, 5.74) is 0.432. The smallest absolute Gasteiger partial charge is 0.406 e. The Morgan fingerprint density at radius 3 is 1.27 bits per heavy atom. The molecule has 0 heterocycles. The molecule has 0 spiro atoms.